The maximum atomic E-state index is 12.1. The zero-order chi connectivity index (χ0) is 21.2. The van der Waals surface area contributed by atoms with Gasteiger partial charge in [0.15, 0.2) is 11.5 Å². The third-order valence-electron chi connectivity index (χ3n) is 4.03. The molecule has 30 heavy (non-hydrogen) atoms. The summed E-state index contributed by atoms with van der Waals surface area (Å²) in [6.45, 7) is 0. The van der Waals surface area contributed by atoms with Gasteiger partial charge in [0.2, 0.25) is 0 Å². The second kappa shape index (κ2) is 10.4. The first kappa shape index (κ1) is 20.5. The van der Waals surface area contributed by atoms with Crippen molar-refractivity contribution in [1.82, 2.24) is 5.43 Å². The van der Waals surface area contributed by atoms with E-state index in [1.807, 2.05) is 36.4 Å². The molecule has 0 fully saturated rings. The lowest BCUT2D eigenvalue weighted by Gasteiger charge is -2.08. The van der Waals surface area contributed by atoms with Crippen molar-refractivity contribution < 1.29 is 19.1 Å². The van der Waals surface area contributed by atoms with Crippen LogP contribution in [0.4, 0.5) is 0 Å². The highest BCUT2D eigenvalue weighted by Gasteiger charge is 2.09. The summed E-state index contributed by atoms with van der Waals surface area (Å²) in [4.78, 5) is 24.1. The molecule has 0 radical (unpaired) electrons. The highest BCUT2D eigenvalue weighted by molar-refractivity contribution is 5.95. The smallest absolute Gasteiger partial charge is 0.336 e. The number of nitrogens with one attached hydrogen (secondary N) is 1. The van der Waals surface area contributed by atoms with E-state index in [0.717, 1.165) is 5.56 Å². The van der Waals surface area contributed by atoms with Crippen molar-refractivity contribution in [3.63, 3.8) is 0 Å². The number of carbonyl (C=O) groups is 2. The molecule has 6 heteroatoms. The lowest BCUT2D eigenvalue weighted by atomic mass is 10.2. The van der Waals surface area contributed by atoms with Gasteiger partial charge in [-0.25, -0.2) is 10.2 Å². The number of hydrogen-bond donors (Lipinski definition) is 1. The van der Waals surface area contributed by atoms with Gasteiger partial charge < -0.3 is 9.47 Å². The molecular weight excluding hydrogens is 380 g/mol. The summed E-state index contributed by atoms with van der Waals surface area (Å²) in [5, 5.41) is 3.95. The van der Waals surface area contributed by atoms with Gasteiger partial charge in [-0.05, 0) is 47.5 Å². The quantitative estimate of drug-likeness (QED) is 0.213. The molecule has 0 bridgehead atoms. The first-order valence-electron chi connectivity index (χ1n) is 9.17. The van der Waals surface area contributed by atoms with Gasteiger partial charge in [0.05, 0.1) is 13.3 Å². The van der Waals surface area contributed by atoms with Crippen LogP contribution >= 0.6 is 0 Å². The van der Waals surface area contributed by atoms with Crippen LogP contribution in [0.15, 0.2) is 90.0 Å². The SMILES string of the molecule is COc1cc(/C=N\NC(=O)c2ccccc2)ccc1OC(=O)/C=C/c1ccccc1. The molecule has 3 aromatic carbocycles. The molecule has 0 heterocycles. The highest BCUT2D eigenvalue weighted by Crippen LogP contribution is 2.27. The molecule has 0 atom stereocenters. The van der Waals surface area contributed by atoms with Gasteiger partial charge in [-0.2, -0.15) is 5.10 Å². The maximum absolute atomic E-state index is 12.1. The number of carbonyl (C=O) groups excluding carboxylic acids is 2. The van der Waals surface area contributed by atoms with Crippen molar-refractivity contribution in [3.05, 3.63) is 102 Å². The zero-order valence-electron chi connectivity index (χ0n) is 16.3. The number of amides is 1. The van der Waals surface area contributed by atoms with Crippen molar-refractivity contribution in [2.45, 2.75) is 0 Å². The number of methoxy groups -OCH3 is 1. The van der Waals surface area contributed by atoms with E-state index in [4.69, 9.17) is 9.47 Å². The summed E-state index contributed by atoms with van der Waals surface area (Å²) in [6.07, 6.45) is 4.50. The number of nitrogens with zero attached hydrogens (tertiary/aromatic N) is 1. The van der Waals surface area contributed by atoms with Crippen LogP contribution < -0.4 is 14.9 Å². The molecule has 0 aliphatic rings. The monoisotopic (exact) mass is 400 g/mol. The van der Waals surface area contributed by atoms with Crippen LogP contribution in [0.25, 0.3) is 6.08 Å². The van der Waals surface area contributed by atoms with Gasteiger partial charge in [0.25, 0.3) is 5.91 Å². The Kier molecular flexibility index (Phi) is 7.11. The second-order valence-corrected chi connectivity index (χ2v) is 6.14. The molecule has 6 nitrogen and oxygen atoms in total. The molecule has 0 saturated carbocycles. The first-order chi connectivity index (χ1) is 14.7. The van der Waals surface area contributed by atoms with Crippen LogP contribution in [0.3, 0.4) is 0 Å². The standard InChI is InChI=1S/C24H20N2O4/c1-29-22-16-19(17-25-26-24(28)20-10-6-3-7-11-20)12-14-21(22)30-23(27)15-13-18-8-4-2-5-9-18/h2-17H,1H3,(H,26,28)/b15-13+,25-17-. The molecule has 0 aromatic heterocycles. The number of benzene rings is 3. The topological polar surface area (TPSA) is 77.0 Å². The van der Waals surface area contributed by atoms with Gasteiger partial charge in [0.1, 0.15) is 0 Å². The van der Waals surface area contributed by atoms with E-state index in [2.05, 4.69) is 10.5 Å². The fraction of sp³-hybridized carbons (Fsp3) is 0.0417. The number of esters is 1. The predicted molar refractivity (Wildman–Crippen MR) is 116 cm³/mol. The number of hydrogen-bond acceptors (Lipinski definition) is 5. The lowest BCUT2D eigenvalue weighted by Crippen LogP contribution is -2.17. The van der Waals surface area contributed by atoms with Crippen molar-refractivity contribution in [1.29, 1.82) is 0 Å². The second-order valence-electron chi connectivity index (χ2n) is 6.14. The lowest BCUT2D eigenvalue weighted by molar-refractivity contribution is -0.129. The van der Waals surface area contributed by atoms with Crippen LogP contribution in [0, 0.1) is 0 Å². The molecule has 3 aromatic rings. The van der Waals surface area contributed by atoms with Crippen LogP contribution in [-0.4, -0.2) is 25.2 Å². The molecular formula is C24H20N2O4. The first-order valence-corrected chi connectivity index (χ1v) is 9.17. The maximum Gasteiger partial charge on any atom is 0.336 e. The minimum atomic E-state index is -0.520. The Balaban J connectivity index is 1.62. The minimum absolute atomic E-state index is 0.283. The van der Waals surface area contributed by atoms with Gasteiger partial charge in [-0.3, -0.25) is 4.79 Å². The van der Waals surface area contributed by atoms with Gasteiger partial charge >= 0.3 is 5.97 Å². The largest absolute Gasteiger partial charge is 0.493 e. The predicted octanol–water partition coefficient (Wildman–Crippen LogP) is 4.08. The summed E-state index contributed by atoms with van der Waals surface area (Å²) in [5.41, 5.74) is 4.53. The van der Waals surface area contributed by atoms with Crippen molar-refractivity contribution in [2.75, 3.05) is 7.11 Å². The van der Waals surface area contributed by atoms with Crippen LogP contribution in [-0.2, 0) is 4.79 Å². The van der Waals surface area contributed by atoms with Crippen molar-refractivity contribution in [2.24, 2.45) is 5.10 Å². The van der Waals surface area contributed by atoms with Crippen LogP contribution in [0.2, 0.25) is 0 Å². The zero-order valence-corrected chi connectivity index (χ0v) is 16.3. The highest BCUT2D eigenvalue weighted by atomic mass is 16.6. The number of ether oxygens (including phenoxy) is 2. The van der Waals surface area contributed by atoms with E-state index in [1.165, 1.54) is 19.4 Å². The fourth-order valence-corrected chi connectivity index (χ4v) is 2.54. The molecule has 0 unspecified atom stereocenters. The average molecular weight is 400 g/mol. The summed E-state index contributed by atoms with van der Waals surface area (Å²) in [7, 11) is 1.48. The van der Waals surface area contributed by atoms with Crippen LogP contribution in [0.5, 0.6) is 11.5 Å². The fourth-order valence-electron chi connectivity index (χ4n) is 2.54. The Bertz CT molecular complexity index is 1060. The molecule has 0 aliphatic carbocycles. The molecule has 1 amide bonds. The van der Waals surface area contributed by atoms with E-state index in [0.29, 0.717) is 16.9 Å². The van der Waals surface area contributed by atoms with Gasteiger partial charge in [-0.1, -0.05) is 48.5 Å². The third kappa shape index (κ3) is 5.90. The molecule has 0 saturated heterocycles. The van der Waals surface area contributed by atoms with Gasteiger partial charge in [0, 0.05) is 11.6 Å². The molecule has 0 aliphatic heterocycles. The van der Waals surface area contributed by atoms with E-state index in [-0.39, 0.29) is 11.7 Å². The van der Waals surface area contributed by atoms with Gasteiger partial charge in [-0.15, -0.1) is 0 Å². The Labute approximate surface area is 174 Å². The molecule has 1 N–H and O–H groups in total. The Morgan fingerprint density at radius 2 is 1.57 bits per heavy atom. The molecule has 3 rings (SSSR count). The molecule has 150 valence electrons. The number of rotatable bonds is 7. The normalized spacial score (nSPS) is 10.8. The van der Waals surface area contributed by atoms with Crippen molar-refractivity contribution in [3.8, 4) is 11.5 Å². The summed E-state index contributed by atoms with van der Waals surface area (Å²) in [5.74, 6) is -0.177. The Morgan fingerprint density at radius 3 is 2.27 bits per heavy atom. The van der Waals surface area contributed by atoms with E-state index < -0.39 is 5.97 Å². The Hall–Kier alpha value is -4.19. The molecule has 0 spiro atoms. The minimum Gasteiger partial charge on any atom is -0.493 e. The van der Waals surface area contributed by atoms with E-state index in [1.54, 1.807) is 48.5 Å². The van der Waals surface area contributed by atoms with Crippen molar-refractivity contribution >= 4 is 24.2 Å². The summed E-state index contributed by atoms with van der Waals surface area (Å²) >= 11 is 0. The summed E-state index contributed by atoms with van der Waals surface area (Å²) in [6, 6.07) is 23.2. The number of hydrazone groups is 1. The summed E-state index contributed by atoms with van der Waals surface area (Å²) < 4.78 is 10.6. The van der Waals surface area contributed by atoms with Crippen LogP contribution in [0.1, 0.15) is 21.5 Å². The Morgan fingerprint density at radius 1 is 0.867 bits per heavy atom. The van der Waals surface area contributed by atoms with E-state index >= 15 is 0 Å². The van der Waals surface area contributed by atoms with E-state index in [9.17, 15) is 9.59 Å². The third-order valence-corrected chi connectivity index (χ3v) is 4.03. The average Bonchev–Trinajstić information content (AvgIpc) is 2.79.